The minimum absolute atomic E-state index is 0.713. The van der Waals surface area contributed by atoms with Gasteiger partial charge in [0.15, 0.2) is 11.0 Å². The van der Waals surface area contributed by atoms with Crippen LogP contribution in [0.15, 0.2) is 79.1 Å². The van der Waals surface area contributed by atoms with Crippen molar-refractivity contribution in [1.29, 1.82) is 0 Å². The molecular weight excluding hydrogens is 402 g/mol. The van der Waals surface area contributed by atoms with Gasteiger partial charge in [0.1, 0.15) is 6.33 Å². The normalized spacial score (nSPS) is 11.1. The number of hydrogen-bond acceptors (Lipinski definition) is 5. The number of anilines is 1. The molecule has 5 nitrogen and oxygen atoms in total. The van der Waals surface area contributed by atoms with Gasteiger partial charge >= 0.3 is 0 Å². The van der Waals surface area contributed by atoms with Gasteiger partial charge < -0.3 is 4.90 Å². The van der Waals surface area contributed by atoms with E-state index in [0.29, 0.717) is 5.82 Å². The molecule has 0 amide bonds. The summed E-state index contributed by atoms with van der Waals surface area (Å²) in [4.78, 5) is 11.6. The fourth-order valence-corrected chi connectivity index (χ4v) is 4.78. The molecule has 0 saturated heterocycles. The number of aromatic amines is 1. The number of hydrogen-bond donors (Lipinski definition) is 1. The predicted molar refractivity (Wildman–Crippen MR) is 128 cm³/mol. The van der Waals surface area contributed by atoms with E-state index in [1.54, 1.807) is 17.7 Å². The van der Waals surface area contributed by atoms with Crippen molar-refractivity contribution in [2.75, 3.05) is 11.4 Å². The number of para-hydroxylation sites is 1. The van der Waals surface area contributed by atoms with Gasteiger partial charge in [-0.25, -0.2) is 9.97 Å². The molecule has 31 heavy (non-hydrogen) atoms. The molecule has 0 saturated carbocycles. The maximum absolute atomic E-state index is 4.86. The number of fused-ring (bicyclic) bond motifs is 1. The molecule has 0 aliphatic rings. The lowest BCUT2D eigenvalue weighted by atomic mass is 9.98. The van der Waals surface area contributed by atoms with Crippen molar-refractivity contribution in [1.82, 2.24) is 20.2 Å². The first-order valence-corrected chi connectivity index (χ1v) is 11.3. The summed E-state index contributed by atoms with van der Waals surface area (Å²) >= 11 is 1.76. The first kappa shape index (κ1) is 19.5. The highest BCUT2D eigenvalue weighted by Gasteiger charge is 2.13. The molecule has 154 valence electrons. The van der Waals surface area contributed by atoms with Crippen LogP contribution in [0, 0.1) is 0 Å². The Morgan fingerprint density at radius 2 is 1.68 bits per heavy atom. The number of rotatable bonds is 7. The van der Waals surface area contributed by atoms with E-state index in [0.717, 1.165) is 46.8 Å². The largest absolute Gasteiger partial charge is 0.344 e. The van der Waals surface area contributed by atoms with Gasteiger partial charge in [0.2, 0.25) is 0 Å². The topological polar surface area (TPSA) is 57.7 Å². The molecule has 0 unspecified atom stereocenters. The van der Waals surface area contributed by atoms with Crippen LogP contribution in [-0.4, -0.2) is 26.7 Å². The molecule has 0 aliphatic carbocycles. The molecule has 3 aromatic carbocycles. The van der Waals surface area contributed by atoms with Crippen molar-refractivity contribution in [2.45, 2.75) is 19.9 Å². The van der Waals surface area contributed by atoms with E-state index < -0.39 is 0 Å². The molecule has 0 radical (unpaired) electrons. The van der Waals surface area contributed by atoms with Crippen LogP contribution in [-0.2, 0) is 6.54 Å². The van der Waals surface area contributed by atoms with E-state index in [4.69, 9.17) is 4.98 Å². The van der Waals surface area contributed by atoms with Crippen LogP contribution in [0.1, 0.15) is 18.9 Å². The molecule has 0 atom stereocenters. The second kappa shape index (κ2) is 8.70. The van der Waals surface area contributed by atoms with Gasteiger partial charge in [0.05, 0.1) is 10.2 Å². The average Bonchev–Trinajstić information content (AvgIpc) is 3.49. The lowest BCUT2D eigenvalue weighted by Crippen LogP contribution is -2.23. The maximum Gasteiger partial charge on any atom is 0.186 e. The highest BCUT2D eigenvalue weighted by Crippen LogP contribution is 2.32. The summed E-state index contributed by atoms with van der Waals surface area (Å²) < 4.78 is 1.23. The highest BCUT2D eigenvalue weighted by atomic mass is 32.1. The zero-order valence-electron chi connectivity index (χ0n) is 17.3. The molecule has 0 spiro atoms. The zero-order valence-corrected chi connectivity index (χ0v) is 18.1. The van der Waals surface area contributed by atoms with Crippen LogP contribution in [0.4, 0.5) is 5.13 Å². The number of thiazole rings is 1. The molecule has 1 N–H and O–H groups in total. The quantitative estimate of drug-likeness (QED) is 0.339. The highest BCUT2D eigenvalue weighted by molar-refractivity contribution is 7.22. The Morgan fingerprint density at radius 1 is 0.903 bits per heavy atom. The van der Waals surface area contributed by atoms with Crippen LogP contribution in [0.5, 0.6) is 0 Å². The predicted octanol–water partition coefficient (Wildman–Crippen LogP) is 6.17. The lowest BCUT2D eigenvalue weighted by Gasteiger charge is -2.21. The Balaban J connectivity index is 1.41. The Bertz CT molecular complexity index is 1240. The van der Waals surface area contributed by atoms with Crippen LogP contribution in [0.3, 0.4) is 0 Å². The number of nitrogens with one attached hydrogen (secondary N) is 1. The molecule has 5 aromatic rings. The molecule has 0 bridgehead atoms. The third kappa shape index (κ3) is 4.07. The minimum Gasteiger partial charge on any atom is -0.344 e. The van der Waals surface area contributed by atoms with Gasteiger partial charge in [-0.3, -0.25) is 5.10 Å². The summed E-state index contributed by atoms with van der Waals surface area (Å²) in [7, 11) is 0. The Morgan fingerprint density at radius 3 is 2.42 bits per heavy atom. The molecule has 6 heteroatoms. The van der Waals surface area contributed by atoms with E-state index in [2.05, 4.69) is 87.7 Å². The summed E-state index contributed by atoms with van der Waals surface area (Å²) in [5.41, 5.74) is 5.66. The van der Waals surface area contributed by atoms with Crippen LogP contribution < -0.4 is 4.90 Å². The van der Waals surface area contributed by atoms with Crippen molar-refractivity contribution < 1.29 is 0 Å². The average molecular weight is 426 g/mol. The minimum atomic E-state index is 0.713. The second-order valence-electron chi connectivity index (χ2n) is 7.45. The standard InChI is InChI=1S/C25H23N5S/c1-2-15-30(25-28-22-9-5-6-10-23(22)31-25)16-18-11-13-19(14-12-18)20-7-3-4-8-21(20)24-26-17-27-29-24/h3-14,17H,2,15-16H2,1H3,(H,26,27,29). The van der Waals surface area contributed by atoms with Crippen LogP contribution in [0.25, 0.3) is 32.7 Å². The molecule has 2 aromatic heterocycles. The fraction of sp³-hybridized carbons (Fsp3) is 0.160. The molecule has 0 aliphatic heterocycles. The van der Waals surface area contributed by atoms with Gasteiger partial charge in [-0.1, -0.05) is 78.9 Å². The summed E-state index contributed by atoms with van der Waals surface area (Å²) in [5, 5.41) is 8.14. The van der Waals surface area contributed by atoms with E-state index in [9.17, 15) is 0 Å². The van der Waals surface area contributed by atoms with Crippen molar-refractivity contribution in [3.8, 4) is 22.5 Å². The van der Waals surface area contributed by atoms with Crippen LogP contribution in [0.2, 0.25) is 0 Å². The summed E-state index contributed by atoms with van der Waals surface area (Å²) in [6.45, 7) is 4.04. The van der Waals surface area contributed by atoms with E-state index in [1.807, 2.05) is 12.1 Å². The van der Waals surface area contributed by atoms with Gasteiger partial charge in [-0.15, -0.1) is 0 Å². The molecule has 2 heterocycles. The third-order valence-corrected chi connectivity index (χ3v) is 6.37. The molecular formula is C25H23N5S. The van der Waals surface area contributed by atoms with E-state index >= 15 is 0 Å². The third-order valence-electron chi connectivity index (χ3n) is 5.27. The summed E-state index contributed by atoms with van der Waals surface area (Å²) in [5.74, 6) is 0.713. The fourth-order valence-electron chi connectivity index (χ4n) is 3.79. The van der Waals surface area contributed by atoms with Gasteiger partial charge in [0, 0.05) is 18.7 Å². The number of H-pyrrole nitrogens is 1. The van der Waals surface area contributed by atoms with E-state index in [1.165, 1.54) is 10.3 Å². The second-order valence-corrected chi connectivity index (χ2v) is 8.46. The first-order valence-electron chi connectivity index (χ1n) is 10.5. The number of aromatic nitrogens is 4. The summed E-state index contributed by atoms with van der Waals surface area (Å²) in [6.07, 6.45) is 2.69. The van der Waals surface area contributed by atoms with Crippen molar-refractivity contribution in [2.24, 2.45) is 0 Å². The van der Waals surface area contributed by atoms with Gasteiger partial charge in [-0.2, -0.15) is 5.10 Å². The zero-order chi connectivity index (χ0) is 21.0. The number of nitrogens with zero attached hydrogens (tertiary/aromatic N) is 4. The van der Waals surface area contributed by atoms with Crippen molar-refractivity contribution in [3.63, 3.8) is 0 Å². The van der Waals surface area contributed by atoms with Gasteiger partial charge in [0.25, 0.3) is 0 Å². The van der Waals surface area contributed by atoms with Gasteiger partial charge in [-0.05, 0) is 35.2 Å². The molecule has 0 fully saturated rings. The first-order chi connectivity index (χ1) is 15.3. The summed E-state index contributed by atoms with van der Waals surface area (Å²) in [6, 6.07) is 25.4. The van der Waals surface area contributed by atoms with E-state index in [-0.39, 0.29) is 0 Å². The lowest BCUT2D eigenvalue weighted by molar-refractivity contribution is 0.765. The smallest absolute Gasteiger partial charge is 0.186 e. The van der Waals surface area contributed by atoms with Crippen LogP contribution >= 0.6 is 11.3 Å². The Labute approximate surface area is 185 Å². The maximum atomic E-state index is 4.86. The Kier molecular flexibility index (Phi) is 5.46. The van der Waals surface area contributed by atoms with Crippen molar-refractivity contribution >= 4 is 26.7 Å². The van der Waals surface area contributed by atoms with Crippen molar-refractivity contribution in [3.05, 3.63) is 84.7 Å². The monoisotopic (exact) mass is 425 g/mol. The Hall–Kier alpha value is -3.51. The molecule has 5 rings (SSSR count). The SMILES string of the molecule is CCCN(Cc1ccc(-c2ccccc2-c2nc[nH]n2)cc1)c1nc2ccccc2s1. The number of benzene rings is 3.